The Balaban J connectivity index is 4.30. The minimum Gasteiger partial charge on any atom is -0.462 e. The van der Waals surface area contributed by atoms with Crippen molar-refractivity contribution in [1.82, 2.24) is 0 Å². The maximum Gasteiger partial charge on any atom is 0.306 e. The average molecular weight is 877 g/mol. The van der Waals surface area contributed by atoms with E-state index in [1.165, 1.54) is 199 Å². The van der Waals surface area contributed by atoms with Crippen LogP contribution in [0.4, 0.5) is 0 Å². The Morgan fingerprint density at radius 3 is 0.919 bits per heavy atom. The van der Waals surface area contributed by atoms with E-state index in [0.717, 1.165) is 69.6 Å². The van der Waals surface area contributed by atoms with Crippen molar-refractivity contribution in [3.05, 3.63) is 0 Å². The molecule has 0 bridgehead atoms. The molecule has 0 saturated heterocycles. The Kier molecular flexibility index (Phi) is 47.6. The minimum absolute atomic E-state index is 0.0630. The molecule has 1 unspecified atom stereocenters. The van der Waals surface area contributed by atoms with Gasteiger partial charge in [-0.15, -0.1) is 0 Å². The summed E-state index contributed by atoms with van der Waals surface area (Å²) in [6.07, 6.45) is 50.8. The molecule has 0 aromatic rings. The van der Waals surface area contributed by atoms with Crippen molar-refractivity contribution in [3.63, 3.8) is 0 Å². The monoisotopic (exact) mass is 877 g/mol. The molecule has 62 heavy (non-hydrogen) atoms. The second-order valence-corrected chi connectivity index (χ2v) is 19.9. The molecule has 0 amide bonds. The van der Waals surface area contributed by atoms with Gasteiger partial charge in [0.15, 0.2) is 6.10 Å². The number of hydrogen-bond donors (Lipinski definition) is 0. The predicted molar refractivity (Wildman–Crippen MR) is 266 cm³/mol. The van der Waals surface area contributed by atoms with Gasteiger partial charge in [-0.25, -0.2) is 0 Å². The molecule has 0 aromatic heterocycles. The van der Waals surface area contributed by atoms with Crippen molar-refractivity contribution in [3.8, 4) is 0 Å². The van der Waals surface area contributed by atoms with E-state index < -0.39 is 6.10 Å². The van der Waals surface area contributed by atoms with Crippen LogP contribution >= 0.6 is 0 Å². The highest BCUT2D eigenvalue weighted by Crippen LogP contribution is 2.18. The van der Waals surface area contributed by atoms with Crippen LogP contribution in [0.1, 0.15) is 311 Å². The number of unbranched alkanes of at least 4 members (excludes halogenated alkanes) is 34. The van der Waals surface area contributed by atoms with E-state index in [0.29, 0.717) is 19.3 Å². The zero-order valence-corrected chi connectivity index (χ0v) is 42.5. The molecule has 6 heteroatoms. The van der Waals surface area contributed by atoms with Crippen LogP contribution < -0.4 is 0 Å². The summed E-state index contributed by atoms with van der Waals surface area (Å²) < 4.78 is 16.9. The van der Waals surface area contributed by atoms with Gasteiger partial charge in [-0.3, -0.25) is 14.4 Å². The van der Waals surface area contributed by atoms with Crippen LogP contribution in [-0.2, 0) is 28.6 Å². The van der Waals surface area contributed by atoms with Crippen LogP contribution in [-0.4, -0.2) is 37.2 Å². The van der Waals surface area contributed by atoms with Crippen molar-refractivity contribution >= 4 is 17.9 Å². The molecule has 0 fully saturated rings. The van der Waals surface area contributed by atoms with E-state index in [-0.39, 0.29) is 31.1 Å². The van der Waals surface area contributed by atoms with E-state index in [2.05, 4.69) is 34.6 Å². The first kappa shape index (κ1) is 60.4. The zero-order valence-electron chi connectivity index (χ0n) is 42.5. The highest BCUT2D eigenvalue weighted by Gasteiger charge is 2.19. The molecule has 0 N–H and O–H groups in total. The standard InChI is InChI=1S/C56H108O6/c1-6-8-9-10-11-12-13-16-21-28-33-38-43-48-56(59)62-53(50-61-55(58)47-42-37-32-27-23-22-25-30-35-40-45-52(5)7-2)49-60-54(57)46-41-36-31-26-20-18-15-14-17-19-24-29-34-39-44-51(3)4/h51-53H,6-50H2,1-5H3/t52?,53-/m1/s1. The van der Waals surface area contributed by atoms with Gasteiger partial charge in [0.1, 0.15) is 13.2 Å². The van der Waals surface area contributed by atoms with E-state index in [9.17, 15) is 14.4 Å². The summed E-state index contributed by atoms with van der Waals surface area (Å²) in [7, 11) is 0. The topological polar surface area (TPSA) is 78.9 Å². The zero-order chi connectivity index (χ0) is 45.4. The summed E-state index contributed by atoms with van der Waals surface area (Å²) in [6, 6.07) is 0. The molecular weight excluding hydrogens is 769 g/mol. The minimum atomic E-state index is -0.762. The van der Waals surface area contributed by atoms with E-state index >= 15 is 0 Å². The Hall–Kier alpha value is -1.59. The number of carbonyl (C=O) groups is 3. The summed E-state index contributed by atoms with van der Waals surface area (Å²) in [5.41, 5.74) is 0. The summed E-state index contributed by atoms with van der Waals surface area (Å²) >= 11 is 0. The fourth-order valence-electron chi connectivity index (χ4n) is 8.49. The number of rotatable bonds is 50. The largest absolute Gasteiger partial charge is 0.462 e. The highest BCUT2D eigenvalue weighted by molar-refractivity contribution is 5.71. The van der Waals surface area contributed by atoms with Crippen LogP contribution in [0.5, 0.6) is 0 Å². The maximum absolute atomic E-state index is 12.8. The van der Waals surface area contributed by atoms with Crippen LogP contribution in [0, 0.1) is 11.8 Å². The Morgan fingerprint density at radius 1 is 0.339 bits per heavy atom. The van der Waals surface area contributed by atoms with Gasteiger partial charge in [0.25, 0.3) is 0 Å². The third-order valence-electron chi connectivity index (χ3n) is 13.1. The van der Waals surface area contributed by atoms with E-state index in [1.54, 1.807) is 0 Å². The van der Waals surface area contributed by atoms with E-state index in [1.807, 2.05) is 0 Å². The lowest BCUT2D eigenvalue weighted by atomic mass is 9.99. The van der Waals surface area contributed by atoms with Gasteiger partial charge in [0.05, 0.1) is 0 Å². The molecule has 0 saturated carbocycles. The SMILES string of the molecule is CCCCCCCCCCCCCCCC(=O)O[C@H](COC(=O)CCCCCCCCCCCCCCCCC(C)C)COC(=O)CCCCCCCCCCCCC(C)CC. The van der Waals surface area contributed by atoms with Gasteiger partial charge in [0, 0.05) is 19.3 Å². The van der Waals surface area contributed by atoms with Crippen molar-refractivity contribution in [2.24, 2.45) is 11.8 Å². The first-order valence-electron chi connectivity index (χ1n) is 27.8. The molecule has 0 aliphatic heterocycles. The number of carbonyl (C=O) groups excluding carboxylic acids is 3. The summed E-state index contributed by atoms with van der Waals surface area (Å²) in [5.74, 6) is 0.872. The van der Waals surface area contributed by atoms with Crippen molar-refractivity contribution in [2.75, 3.05) is 13.2 Å². The molecule has 0 spiro atoms. The van der Waals surface area contributed by atoms with Gasteiger partial charge in [0.2, 0.25) is 0 Å². The molecule has 368 valence electrons. The second-order valence-electron chi connectivity index (χ2n) is 19.9. The third kappa shape index (κ3) is 47.9. The number of ether oxygens (including phenoxy) is 3. The molecule has 0 heterocycles. The van der Waals surface area contributed by atoms with Crippen molar-refractivity contribution in [1.29, 1.82) is 0 Å². The smallest absolute Gasteiger partial charge is 0.306 e. The van der Waals surface area contributed by atoms with Crippen molar-refractivity contribution in [2.45, 2.75) is 317 Å². The number of hydrogen-bond acceptors (Lipinski definition) is 6. The molecule has 0 aliphatic carbocycles. The molecular formula is C56H108O6. The molecule has 2 atom stereocenters. The molecule has 0 aromatic carbocycles. The number of esters is 3. The fourth-order valence-corrected chi connectivity index (χ4v) is 8.49. The average Bonchev–Trinajstić information content (AvgIpc) is 3.26. The molecule has 0 aliphatic rings. The Morgan fingerprint density at radius 2 is 0.613 bits per heavy atom. The van der Waals surface area contributed by atoms with Gasteiger partial charge >= 0.3 is 17.9 Å². The lowest BCUT2D eigenvalue weighted by molar-refractivity contribution is -0.167. The van der Waals surface area contributed by atoms with Gasteiger partial charge in [-0.2, -0.15) is 0 Å². The summed E-state index contributed by atoms with van der Waals surface area (Å²) in [4.78, 5) is 38.1. The van der Waals surface area contributed by atoms with Crippen LogP contribution in [0.15, 0.2) is 0 Å². The van der Waals surface area contributed by atoms with Gasteiger partial charge in [-0.05, 0) is 31.1 Å². The molecule has 0 rings (SSSR count). The lowest BCUT2D eigenvalue weighted by Gasteiger charge is -2.18. The lowest BCUT2D eigenvalue weighted by Crippen LogP contribution is -2.30. The first-order chi connectivity index (χ1) is 30.3. The highest BCUT2D eigenvalue weighted by atomic mass is 16.6. The second kappa shape index (κ2) is 48.9. The van der Waals surface area contributed by atoms with Gasteiger partial charge < -0.3 is 14.2 Å². The first-order valence-corrected chi connectivity index (χ1v) is 27.8. The quantitative estimate of drug-likeness (QED) is 0.0344. The third-order valence-corrected chi connectivity index (χ3v) is 13.1. The molecule has 0 radical (unpaired) electrons. The summed E-state index contributed by atoms with van der Waals surface area (Å²) in [5, 5.41) is 0. The van der Waals surface area contributed by atoms with Crippen molar-refractivity contribution < 1.29 is 28.6 Å². The maximum atomic E-state index is 12.8. The predicted octanol–water partition coefficient (Wildman–Crippen LogP) is 18.1. The van der Waals surface area contributed by atoms with Crippen LogP contribution in [0.2, 0.25) is 0 Å². The normalized spacial score (nSPS) is 12.5. The fraction of sp³-hybridized carbons (Fsp3) is 0.946. The Bertz CT molecular complexity index is 949. The van der Waals surface area contributed by atoms with E-state index in [4.69, 9.17) is 14.2 Å². The van der Waals surface area contributed by atoms with Gasteiger partial charge in [-0.1, -0.05) is 272 Å². The molecule has 6 nitrogen and oxygen atoms in total. The van der Waals surface area contributed by atoms with Crippen LogP contribution in [0.25, 0.3) is 0 Å². The van der Waals surface area contributed by atoms with Crippen LogP contribution in [0.3, 0.4) is 0 Å². The Labute approximate surface area is 387 Å². The summed E-state index contributed by atoms with van der Waals surface area (Å²) in [6.45, 7) is 11.4.